The van der Waals surface area contributed by atoms with Crippen molar-refractivity contribution in [2.24, 2.45) is 0 Å². The lowest BCUT2D eigenvalue weighted by Gasteiger charge is -2.30. The summed E-state index contributed by atoms with van der Waals surface area (Å²) in [6.45, 7) is 6.65. The predicted molar refractivity (Wildman–Crippen MR) is 115 cm³/mol. The van der Waals surface area contributed by atoms with Gasteiger partial charge < -0.3 is 15.0 Å². The molecular formula is C24H31FN2O3. The number of carbonyl (C=O) groups is 2. The van der Waals surface area contributed by atoms with Gasteiger partial charge in [0.2, 0.25) is 11.8 Å². The molecule has 0 saturated heterocycles. The summed E-state index contributed by atoms with van der Waals surface area (Å²) in [5.41, 5.74) is 1.73. The lowest BCUT2D eigenvalue weighted by molar-refractivity contribution is -0.139. The molecule has 5 nitrogen and oxygen atoms in total. The zero-order valence-corrected chi connectivity index (χ0v) is 17.9. The van der Waals surface area contributed by atoms with Gasteiger partial charge in [0, 0.05) is 33.0 Å². The van der Waals surface area contributed by atoms with E-state index in [0.717, 1.165) is 11.1 Å². The maximum Gasteiger partial charge on any atom is 0.243 e. The number of amides is 2. The number of nitrogens with one attached hydrogen (secondary N) is 1. The molecule has 162 valence electrons. The number of halogens is 1. The molecule has 0 fully saturated rings. The lowest BCUT2D eigenvalue weighted by atomic mass is 10.0. The number of hydrogen-bond acceptors (Lipinski definition) is 3. The molecular weight excluding hydrogens is 383 g/mol. The Hall–Kier alpha value is -2.73. The minimum Gasteiger partial charge on any atom is -0.379 e. The van der Waals surface area contributed by atoms with Crippen LogP contribution in [0.15, 0.2) is 54.6 Å². The van der Waals surface area contributed by atoms with E-state index in [4.69, 9.17) is 4.74 Å². The Kier molecular flexibility index (Phi) is 9.48. The lowest BCUT2D eigenvalue weighted by Crippen LogP contribution is -2.50. The molecule has 0 aromatic heterocycles. The SMILES string of the molecule is CC(=O)N(Cc1ccc(F)cc1)[C@H](Cc1ccccc1)C(=O)NCCCOC(C)C. The molecule has 6 heteroatoms. The fourth-order valence-corrected chi connectivity index (χ4v) is 3.13. The van der Waals surface area contributed by atoms with Gasteiger partial charge >= 0.3 is 0 Å². The van der Waals surface area contributed by atoms with Crippen molar-refractivity contribution >= 4 is 11.8 Å². The Bertz CT molecular complexity index is 794. The minimum absolute atomic E-state index is 0.149. The predicted octanol–water partition coefficient (Wildman–Crippen LogP) is 3.72. The molecule has 2 aromatic rings. The van der Waals surface area contributed by atoms with E-state index in [2.05, 4.69) is 5.32 Å². The fraction of sp³-hybridized carbons (Fsp3) is 0.417. The van der Waals surface area contributed by atoms with E-state index in [1.807, 2.05) is 44.2 Å². The number of hydrogen-bond donors (Lipinski definition) is 1. The van der Waals surface area contributed by atoms with Crippen molar-refractivity contribution in [2.75, 3.05) is 13.2 Å². The Morgan fingerprint density at radius 1 is 1.03 bits per heavy atom. The van der Waals surface area contributed by atoms with Crippen molar-refractivity contribution in [3.8, 4) is 0 Å². The van der Waals surface area contributed by atoms with Gasteiger partial charge in [-0.3, -0.25) is 9.59 Å². The highest BCUT2D eigenvalue weighted by Gasteiger charge is 2.28. The number of carbonyl (C=O) groups excluding carboxylic acids is 2. The van der Waals surface area contributed by atoms with Crippen LogP contribution in [0.25, 0.3) is 0 Å². The van der Waals surface area contributed by atoms with Crippen molar-refractivity contribution in [3.05, 3.63) is 71.5 Å². The van der Waals surface area contributed by atoms with Gasteiger partial charge in [0.25, 0.3) is 0 Å². The average molecular weight is 415 g/mol. The topological polar surface area (TPSA) is 58.6 Å². The third-order valence-corrected chi connectivity index (χ3v) is 4.69. The molecule has 0 heterocycles. The molecule has 0 aliphatic carbocycles. The molecule has 0 spiro atoms. The van der Waals surface area contributed by atoms with Gasteiger partial charge in [-0.15, -0.1) is 0 Å². The number of ether oxygens (including phenoxy) is 1. The van der Waals surface area contributed by atoms with E-state index in [9.17, 15) is 14.0 Å². The third kappa shape index (κ3) is 7.95. The van der Waals surface area contributed by atoms with E-state index < -0.39 is 6.04 Å². The first kappa shape index (κ1) is 23.5. The molecule has 0 aliphatic rings. The first-order valence-electron chi connectivity index (χ1n) is 10.3. The smallest absolute Gasteiger partial charge is 0.243 e. The molecule has 2 aromatic carbocycles. The molecule has 2 rings (SSSR count). The second-order valence-electron chi connectivity index (χ2n) is 7.54. The van der Waals surface area contributed by atoms with Crippen molar-refractivity contribution in [1.82, 2.24) is 10.2 Å². The molecule has 0 saturated carbocycles. The van der Waals surface area contributed by atoms with Gasteiger partial charge in [0.1, 0.15) is 11.9 Å². The second kappa shape index (κ2) is 12.1. The normalized spacial score (nSPS) is 11.9. The van der Waals surface area contributed by atoms with Crippen LogP contribution in [0.1, 0.15) is 38.3 Å². The van der Waals surface area contributed by atoms with Gasteiger partial charge in [-0.1, -0.05) is 42.5 Å². The Morgan fingerprint density at radius 3 is 2.30 bits per heavy atom. The van der Waals surface area contributed by atoms with Crippen LogP contribution >= 0.6 is 0 Å². The van der Waals surface area contributed by atoms with Crippen LogP contribution in [-0.4, -0.2) is 42.0 Å². The maximum atomic E-state index is 13.3. The first-order valence-corrected chi connectivity index (χ1v) is 10.3. The third-order valence-electron chi connectivity index (χ3n) is 4.69. The Balaban J connectivity index is 2.13. The van der Waals surface area contributed by atoms with Crippen LogP contribution in [0.5, 0.6) is 0 Å². The Morgan fingerprint density at radius 2 is 1.70 bits per heavy atom. The zero-order chi connectivity index (χ0) is 21.9. The standard InChI is InChI=1S/C24H31FN2O3/c1-18(2)30-15-7-14-26-24(29)23(16-20-8-5-4-6-9-20)27(19(3)28)17-21-10-12-22(25)13-11-21/h4-6,8-13,18,23H,7,14-17H2,1-3H3,(H,26,29)/t23-/m1/s1. The van der Waals surface area contributed by atoms with Crippen molar-refractivity contribution in [1.29, 1.82) is 0 Å². The summed E-state index contributed by atoms with van der Waals surface area (Å²) in [5.74, 6) is -0.755. The van der Waals surface area contributed by atoms with Gasteiger partial charge in [-0.2, -0.15) is 0 Å². The molecule has 0 unspecified atom stereocenters. The first-order chi connectivity index (χ1) is 14.4. The van der Waals surface area contributed by atoms with Crippen molar-refractivity contribution in [2.45, 2.75) is 52.3 Å². The molecule has 0 bridgehead atoms. The molecule has 1 atom stereocenters. The van der Waals surface area contributed by atoms with Crippen LogP contribution in [0, 0.1) is 5.82 Å². The van der Waals surface area contributed by atoms with Crippen LogP contribution in [-0.2, 0) is 27.3 Å². The second-order valence-corrected chi connectivity index (χ2v) is 7.54. The van der Waals surface area contributed by atoms with E-state index in [1.165, 1.54) is 19.1 Å². The fourth-order valence-electron chi connectivity index (χ4n) is 3.13. The number of rotatable bonds is 11. The summed E-state index contributed by atoms with van der Waals surface area (Å²) < 4.78 is 18.8. The van der Waals surface area contributed by atoms with Gasteiger partial charge in [-0.25, -0.2) is 4.39 Å². The van der Waals surface area contributed by atoms with Crippen molar-refractivity contribution < 1.29 is 18.7 Å². The molecule has 1 N–H and O–H groups in total. The highest BCUT2D eigenvalue weighted by molar-refractivity contribution is 5.87. The van der Waals surface area contributed by atoms with Crippen LogP contribution < -0.4 is 5.32 Å². The summed E-state index contributed by atoms with van der Waals surface area (Å²) in [7, 11) is 0. The Labute approximate surface area is 178 Å². The van der Waals surface area contributed by atoms with Crippen LogP contribution in [0.3, 0.4) is 0 Å². The van der Waals surface area contributed by atoms with Crippen molar-refractivity contribution in [3.63, 3.8) is 0 Å². The molecule has 0 aliphatic heterocycles. The summed E-state index contributed by atoms with van der Waals surface area (Å²) in [6.07, 6.45) is 1.24. The molecule has 30 heavy (non-hydrogen) atoms. The molecule has 0 radical (unpaired) electrons. The zero-order valence-electron chi connectivity index (χ0n) is 17.9. The van der Waals surface area contributed by atoms with Gasteiger partial charge in [0.15, 0.2) is 0 Å². The summed E-state index contributed by atoms with van der Waals surface area (Å²) in [6, 6.07) is 14.9. The van der Waals surface area contributed by atoms with E-state index in [0.29, 0.717) is 26.0 Å². The quantitative estimate of drug-likeness (QED) is 0.570. The van der Waals surface area contributed by atoms with E-state index >= 15 is 0 Å². The highest BCUT2D eigenvalue weighted by atomic mass is 19.1. The number of benzene rings is 2. The van der Waals surface area contributed by atoms with Crippen LogP contribution in [0.2, 0.25) is 0 Å². The summed E-state index contributed by atoms with van der Waals surface area (Å²) in [5, 5.41) is 2.93. The summed E-state index contributed by atoms with van der Waals surface area (Å²) >= 11 is 0. The molecule has 2 amide bonds. The van der Waals surface area contributed by atoms with E-state index in [1.54, 1.807) is 17.0 Å². The minimum atomic E-state index is -0.666. The average Bonchev–Trinajstić information content (AvgIpc) is 2.72. The maximum absolute atomic E-state index is 13.3. The summed E-state index contributed by atoms with van der Waals surface area (Å²) in [4.78, 5) is 27.0. The van der Waals surface area contributed by atoms with Gasteiger partial charge in [0.05, 0.1) is 6.10 Å². The van der Waals surface area contributed by atoms with Gasteiger partial charge in [-0.05, 0) is 43.5 Å². The van der Waals surface area contributed by atoms with E-state index in [-0.39, 0.29) is 30.3 Å². The highest BCUT2D eigenvalue weighted by Crippen LogP contribution is 2.15. The van der Waals surface area contributed by atoms with Crippen LogP contribution in [0.4, 0.5) is 4.39 Å². The monoisotopic (exact) mass is 414 g/mol. The number of nitrogens with zero attached hydrogens (tertiary/aromatic N) is 1. The largest absolute Gasteiger partial charge is 0.379 e.